The molecule has 1 aromatic rings. The number of nitrogens with two attached hydrogens (primary N) is 1. The summed E-state index contributed by atoms with van der Waals surface area (Å²) in [7, 11) is 0. The number of aromatic nitrogens is 1. The predicted molar refractivity (Wildman–Crippen MR) is 75.1 cm³/mol. The molecule has 0 spiro atoms. The average molecular weight is 293 g/mol. The molecule has 0 radical (unpaired) electrons. The number of amides is 2. The summed E-state index contributed by atoms with van der Waals surface area (Å²) in [6.07, 6.45) is 1.54. The molecule has 2 amide bonds. The maximum Gasteiger partial charge on any atom is 0.308 e. The molecule has 0 saturated carbocycles. The number of pyridine rings is 1. The molecule has 7 nitrogen and oxygen atoms in total. The first-order valence-electron chi connectivity index (χ1n) is 6.63. The molecule has 0 aliphatic carbocycles. The van der Waals surface area contributed by atoms with Crippen molar-refractivity contribution in [3.05, 3.63) is 30.1 Å². The molecule has 2 atom stereocenters. The van der Waals surface area contributed by atoms with Crippen molar-refractivity contribution in [3.8, 4) is 0 Å². The van der Waals surface area contributed by atoms with Crippen molar-refractivity contribution < 1.29 is 19.1 Å². The van der Waals surface area contributed by atoms with Crippen LogP contribution in [0.1, 0.15) is 30.8 Å². The van der Waals surface area contributed by atoms with E-state index >= 15 is 0 Å². The molecule has 0 bridgehead atoms. The van der Waals surface area contributed by atoms with Crippen molar-refractivity contribution in [1.82, 2.24) is 10.3 Å². The Morgan fingerprint density at radius 2 is 2.10 bits per heavy atom. The molecular formula is C14H19N3O4. The van der Waals surface area contributed by atoms with E-state index in [-0.39, 0.29) is 18.7 Å². The highest BCUT2D eigenvalue weighted by atomic mass is 16.5. The summed E-state index contributed by atoms with van der Waals surface area (Å²) in [6.45, 7) is 3.56. The van der Waals surface area contributed by atoms with Gasteiger partial charge in [0.2, 0.25) is 5.91 Å². The SMILES string of the molecule is CCOC(=O)[C@H](C)C[C@@H](NC(=O)c1ccccn1)C(N)=O. The minimum absolute atomic E-state index is 0.0761. The second-order valence-electron chi connectivity index (χ2n) is 4.53. The number of ether oxygens (including phenoxy) is 1. The quantitative estimate of drug-likeness (QED) is 0.700. The third-order valence-corrected chi connectivity index (χ3v) is 2.82. The number of hydrogen-bond donors (Lipinski definition) is 2. The first-order valence-corrected chi connectivity index (χ1v) is 6.63. The topological polar surface area (TPSA) is 111 Å². The van der Waals surface area contributed by atoms with Gasteiger partial charge < -0.3 is 15.8 Å². The molecule has 0 fully saturated rings. The average Bonchev–Trinajstić information content (AvgIpc) is 2.47. The highest BCUT2D eigenvalue weighted by Crippen LogP contribution is 2.09. The molecule has 0 aromatic carbocycles. The first kappa shape index (κ1) is 16.6. The van der Waals surface area contributed by atoms with Crippen LogP contribution in [0.5, 0.6) is 0 Å². The van der Waals surface area contributed by atoms with Gasteiger partial charge in [-0.15, -0.1) is 0 Å². The van der Waals surface area contributed by atoms with Crippen molar-refractivity contribution in [1.29, 1.82) is 0 Å². The van der Waals surface area contributed by atoms with Gasteiger partial charge >= 0.3 is 5.97 Å². The monoisotopic (exact) mass is 293 g/mol. The number of nitrogens with zero attached hydrogens (tertiary/aromatic N) is 1. The molecule has 114 valence electrons. The van der Waals surface area contributed by atoms with E-state index in [1.165, 1.54) is 12.3 Å². The minimum atomic E-state index is -0.959. The van der Waals surface area contributed by atoms with Gasteiger partial charge in [0, 0.05) is 6.20 Å². The van der Waals surface area contributed by atoms with Gasteiger partial charge in [0.25, 0.3) is 5.91 Å². The van der Waals surface area contributed by atoms with Crippen LogP contribution in [0.25, 0.3) is 0 Å². The summed E-state index contributed by atoms with van der Waals surface area (Å²) in [6, 6.07) is 3.88. The maximum atomic E-state index is 11.9. The number of primary amides is 1. The van der Waals surface area contributed by atoms with Crippen molar-refractivity contribution in [2.45, 2.75) is 26.3 Å². The number of hydrogen-bond acceptors (Lipinski definition) is 5. The number of carbonyl (C=O) groups excluding carboxylic acids is 3. The Hall–Kier alpha value is -2.44. The highest BCUT2D eigenvalue weighted by Gasteiger charge is 2.25. The van der Waals surface area contributed by atoms with Gasteiger partial charge in [-0.1, -0.05) is 13.0 Å². The Morgan fingerprint density at radius 1 is 1.38 bits per heavy atom. The van der Waals surface area contributed by atoms with E-state index in [4.69, 9.17) is 10.5 Å². The van der Waals surface area contributed by atoms with Gasteiger partial charge in [0.15, 0.2) is 0 Å². The van der Waals surface area contributed by atoms with Crippen molar-refractivity contribution in [3.63, 3.8) is 0 Å². The molecule has 0 saturated heterocycles. The lowest BCUT2D eigenvalue weighted by Gasteiger charge is -2.18. The van der Waals surface area contributed by atoms with Crippen molar-refractivity contribution >= 4 is 17.8 Å². The Balaban J connectivity index is 2.68. The summed E-state index contributed by atoms with van der Waals surface area (Å²) >= 11 is 0. The molecule has 1 heterocycles. The highest BCUT2D eigenvalue weighted by molar-refractivity contribution is 5.95. The Labute approximate surface area is 122 Å². The van der Waals surface area contributed by atoms with Crippen LogP contribution < -0.4 is 11.1 Å². The van der Waals surface area contributed by atoms with Crippen molar-refractivity contribution in [2.24, 2.45) is 11.7 Å². The smallest absolute Gasteiger partial charge is 0.308 e. The lowest BCUT2D eigenvalue weighted by molar-refractivity contribution is -0.147. The first-order chi connectivity index (χ1) is 9.95. The van der Waals surface area contributed by atoms with Gasteiger partial charge in [0.05, 0.1) is 12.5 Å². The third kappa shape index (κ3) is 5.21. The second kappa shape index (κ2) is 7.98. The van der Waals surface area contributed by atoms with Crippen molar-refractivity contribution in [2.75, 3.05) is 6.61 Å². The summed E-state index contributed by atoms with van der Waals surface area (Å²) in [5, 5.41) is 2.48. The van der Waals surface area contributed by atoms with Gasteiger partial charge in [-0.2, -0.15) is 0 Å². The number of nitrogens with one attached hydrogen (secondary N) is 1. The van der Waals surface area contributed by atoms with E-state index in [9.17, 15) is 14.4 Å². The zero-order valence-electron chi connectivity index (χ0n) is 12.0. The number of esters is 1. The molecule has 0 aliphatic heterocycles. The fourth-order valence-corrected chi connectivity index (χ4v) is 1.71. The van der Waals surface area contributed by atoms with Gasteiger partial charge in [-0.3, -0.25) is 19.4 Å². The Bertz CT molecular complexity index is 504. The number of carbonyl (C=O) groups is 3. The molecule has 21 heavy (non-hydrogen) atoms. The Morgan fingerprint density at radius 3 is 2.62 bits per heavy atom. The van der Waals surface area contributed by atoms with Gasteiger partial charge in [-0.25, -0.2) is 0 Å². The van der Waals surface area contributed by atoms with Gasteiger partial charge in [-0.05, 0) is 25.5 Å². The van der Waals surface area contributed by atoms with Crippen LogP contribution in [0, 0.1) is 5.92 Å². The van der Waals surface area contributed by atoms with Crippen LogP contribution in [0.4, 0.5) is 0 Å². The van der Waals surface area contributed by atoms with Crippen LogP contribution >= 0.6 is 0 Å². The van der Waals surface area contributed by atoms with Crippen LogP contribution in [0.3, 0.4) is 0 Å². The van der Waals surface area contributed by atoms with E-state index in [1.807, 2.05) is 0 Å². The lowest BCUT2D eigenvalue weighted by atomic mass is 10.0. The number of rotatable bonds is 7. The molecule has 3 N–H and O–H groups in total. The van der Waals surface area contributed by atoms with Crippen LogP contribution in [0.15, 0.2) is 24.4 Å². The second-order valence-corrected chi connectivity index (χ2v) is 4.53. The zero-order chi connectivity index (χ0) is 15.8. The summed E-state index contributed by atoms with van der Waals surface area (Å²) < 4.78 is 4.86. The third-order valence-electron chi connectivity index (χ3n) is 2.82. The standard InChI is InChI=1S/C14H19N3O4/c1-3-21-14(20)9(2)8-11(12(15)18)17-13(19)10-6-4-5-7-16-10/h4-7,9,11H,3,8H2,1-2H3,(H2,15,18)(H,17,19)/t9-,11-/m1/s1. The van der Waals surface area contributed by atoms with E-state index in [0.717, 1.165) is 0 Å². The van der Waals surface area contributed by atoms with E-state index in [1.54, 1.807) is 26.0 Å². The zero-order valence-corrected chi connectivity index (χ0v) is 12.0. The predicted octanol–water partition coefficient (Wildman–Crippen LogP) is 0.255. The van der Waals surface area contributed by atoms with E-state index < -0.39 is 29.7 Å². The van der Waals surface area contributed by atoms with Crippen LogP contribution in [-0.4, -0.2) is 35.4 Å². The van der Waals surface area contributed by atoms with E-state index in [2.05, 4.69) is 10.3 Å². The van der Waals surface area contributed by atoms with Crippen LogP contribution in [-0.2, 0) is 14.3 Å². The fraction of sp³-hybridized carbons (Fsp3) is 0.429. The normalized spacial score (nSPS) is 13.0. The fourth-order valence-electron chi connectivity index (χ4n) is 1.71. The molecule has 1 rings (SSSR count). The Kier molecular flexibility index (Phi) is 6.32. The lowest BCUT2D eigenvalue weighted by Crippen LogP contribution is -2.46. The summed E-state index contributed by atoms with van der Waals surface area (Å²) in [5.41, 5.74) is 5.43. The molecule has 0 unspecified atom stereocenters. The maximum absolute atomic E-state index is 11.9. The van der Waals surface area contributed by atoms with Crippen LogP contribution in [0.2, 0.25) is 0 Å². The molecular weight excluding hydrogens is 274 g/mol. The molecule has 7 heteroatoms. The summed E-state index contributed by atoms with van der Waals surface area (Å²) in [5.74, 6) is -2.21. The summed E-state index contributed by atoms with van der Waals surface area (Å²) in [4.78, 5) is 38.8. The largest absolute Gasteiger partial charge is 0.466 e. The van der Waals surface area contributed by atoms with E-state index in [0.29, 0.717) is 0 Å². The molecule has 1 aromatic heterocycles. The van der Waals surface area contributed by atoms with Gasteiger partial charge in [0.1, 0.15) is 11.7 Å². The minimum Gasteiger partial charge on any atom is -0.466 e. The molecule has 0 aliphatic rings.